The molecule has 0 saturated carbocycles. The summed E-state index contributed by atoms with van der Waals surface area (Å²) < 4.78 is 8.80. The standard InChI is InChI=1S/2C6H10O4.O/c2*1-6(2,3)10-5(9)4(7)8;/h2*1-3H3,(H,7,8);/q;;+2/p-2. The fourth-order valence-electron chi connectivity index (χ4n) is 0.640. The second kappa shape index (κ2) is 8.90. The Labute approximate surface area is 122 Å². The van der Waals surface area contributed by atoms with E-state index in [-0.39, 0.29) is 5.48 Å². The number of carbonyl (C=O) groups is 4. The number of aliphatic carboxylic acids is 2. The zero-order valence-electron chi connectivity index (χ0n) is 12.7. The molecule has 0 rings (SSSR count). The molecular formula is C12H18O9. The minimum Gasteiger partial charge on any atom is -0.539 e. The van der Waals surface area contributed by atoms with Crippen LogP contribution in [0.4, 0.5) is 0 Å². The average Bonchev–Trinajstić information content (AvgIpc) is 2.12. The fraction of sp³-hybridized carbons (Fsp3) is 0.667. The molecule has 0 aliphatic heterocycles. The van der Waals surface area contributed by atoms with E-state index in [4.69, 9.17) is 0 Å². The predicted octanol–water partition coefficient (Wildman–Crippen LogP) is -1.96. The molecule has 0 aromatic carbocycles. The first kappa shape index (κ1) is 23.9. The maximum Gasteiger partial charge on any atom is 2.00 e. The molecule has 0 aliphatic rings. The van der Waals surface area contributed by atoms with Crippen LogP contribution in [0.15, 0.2) is 0 Å². The van der Waals surface area contributed by atoms with Gasteiger partial charge in [0.15, 0.2) is 11.9 Å². The highest BCUT2D eigenvalue weighted by atomic mass is 16.6. The summed E-state index contributed by atoms with van der Waals surface area (Å²) in [4.78, 5) is 40.1. The molecule has 0 spiro atoms. The summed E-state index contributed by atoms with van der Waals surface area (Å²) in [5, 5.41) is 19.6. The highest BCUT2D eigenvalue weighted by molar-refractivity contribution is 6.28. The van der Waals surface area contributed by atoms with Crippen LogP contribution < -0.4 is 10.2 Å². The highest BCUT2D eigenvalue weighted by Gasteiger charge is 2.16. The van der Waals surface area contributed by atoms with E-state index in [2.05, 4.69) is 9.47 Å². The molecule has 0 bridgehead atoms. The molecule has 4 radical (unpaired) electrons. The van der Waals surface area contributed by atoms with Gasteiger partial charge in [-0.25, -0.2) is 9.59 Å². The van der Waals surface area contributed by atoms with E-state index < -0.39 is 35.1 Å². The summed E-state index contributed by atoms with van der Waals surface area (Å²) in [5.74, 6) is -6.27. The number of hydrogen-bond acceptors (Lipinski definition) is 8. The van der Waals surface area contributed by atoms with Gasteiger partial charge in [0.25, 0.3) is 0 Å². The van der Waals surface area contributed by atoms with Crippen LogP contribution in [0, 0.1) is 0 Å². The maximum atomic E-state index is 10.3. The molecule has 0 unspecified atom stereocenters. The lowest BCUT2D eigenvalue weighted by atomic mass is 10.2. The van der Waals surface area contributed by atoms with E-state index in [0.29, 0.717) is 0 Å². The first-order chi connectivity index (χ1) is 8.65. The Kier molecular flexibility index (Phi) is 10.1. The zero-order valence-corrected chi connectivity index (χ0v) is 12.7. The summed E-state index contributed by atoms with van der Waals surface area (Å²) in [6.07, 6.45) is 0. The van der Waals surface area contributed by atoms with Crippen molar-refractivity contribution >= 4 is 23.9 Å². The van der Waals surface area contributed by atoms with Gasteiger partial charge in [-0.05, 0) is 41.5 Å². The van der Waals surface area contributed by atoms with Crippen LogP contribution >= 0.6 is 0 Å². The van der Waals surface area contributed by atoms with Crippen LogP contribution in [0.25, 0.3) is 0 Å². The van der Waals surface area contributed by atoms with Crippen molar-refractivity contribution in [3.8, 4) is 0 Å². The number of ether oxygens (including phenoxy) is 2. The van der Waals surface area contributed by atoms with Crippen molar-refractivity contribution in [3.63, 3.8) is 0 Å². The van der Waals surface area contributed by atoms with Crippen molar-refractivity contribution in [1.82, 2.24) is 0 Å². The van der Waals surface area contributed by atoms with Crippen molar-refractivity contribution in [2.24, 2.45) is 0 Å². The van der Waals surface area contributed by atoms with Gasteiger partial charge in [-0.2, -0.15) is 0 Å². The Hall–Kier alpha value is -2.16. The fourth-order valence-corrected chi connectivity index (χ4v) is 0.640. The van der Waals surface area contributed by atoms with Gasteiger partial charge in [-0.15, -0.1) is 0 Å². The number of carboxylic acid groups (broad SMARTS) is 2. The lowest BCUT2D eigenvalue weighted by Crippen LogP contribution is -2.37. The van der Waals surface area contributed by atoms with Gasteiger partial charge in [0.05, 0.1) is 0 Å². The molecule has 0 atom stereocenters. The summed E-state index contributed by atoms with van der Waals surface area (Å²) in [5.41, 5.74) is -1.53. The minimum absolute atomic E-state index is 0. The molecule has 9 nitrogen and oxygen atoms in total. The van der Waals surface area contributed by atoms with Crippen LogP contribution in [0.1, 0.15) is 41.5 Å². The Balaban J connectivity index is -0.000000295. The van der Waals surface area contributed by atoms with Crippen LogP contribution in [-0.4, -0.2) is 35.1 Å². The lowest BCUT2D eigenvalue weighted by molar-refractivity contribution is -0.305. The van der Waals surface area contributed by atoms with Gasteiger partial charge in [-0.1, -0.05) is 0 Å². The molecule has 0 saturated heterocycles. The molecule has 0 amide bonds. The van der Waals surface area contributed by atoms with E-state index in [1.54, 1.807) is 41.5 Å². The van der Waals surface area contributed by atoms with E-state index in [1.807, 2.05) is 0 Å². The monoisotopic (exact) mass is 306 g/mol. The molecule has 21 heavy (non-hydrogen) atoms. The minimum atomic E-state index is -1.81. The van der Waals surface area contributed by atoms with E-state index in [0.717, 1.165) is 0 Å². The van der Waals surface area contributed by atoms with Gasteiger partial charge < -0.3 is 29.3 Å². The number of carboxylic acids is 2. The van der Waals surface area contributed by atoms with Gasteiger partial charge in [0.1, 0.15) is 11.2 Å². The zero-order chi connectivity index (χ0) is 16.7. The molecule has 0 heterocycles. The van der Waals surface area contributed by atoms with Gasteiger partial charge in [0.2, 0.25) is 0 Å². The quantitative estimate of drug-likeness (QED) is 0.368. The summed E-state index contributed by atoms with van der Waals surface area (Å²) in [6.45, 7) is 9.46. The number of rotatable bonds is 0. The van der Waals surface area contributed by atoms with E-state index in [1.165, 1.54) is 0 Å². The Morgan fingerprint density at radius 1 is 0.667 bits per heavy atom. The molecule has 0 fully saturated rings. The molecule has 0 aliphatic carbocycles. The van der Waals surface area contributed by atoms with E-state index in [9.17, 15) is 29.4 Å². The van der Waals surface area contributed by atoms with Crippen LogP contribution in [0.2, 0.25) is 0 Å². The molecule has 0 aromatic rings. The smallest absolute Gasteiger partial charge is 0.539 e. The third kappa shape index (κ3) is 17.8. The van der Waals surface area contributed by atoms with Crippen molar-refractivity contribution in [2.75, 3.05) is 0 Å². The SMILES string of the molecule is CC(C)(C)OC(=O)C(=O)[O-].CC(C)(C)OC(=O)C(=O)[O-].[O+2]. The lowest BCUT2D eigenvalue weighted by Gasteiger charge is -2.19. The highest BCUT2D eigenvalue weighted by Crippen LogP contribution is 2.06. The van der Waals surface area contributed by atoms with Crippen LogP contribution in [0.3, 0.4) is 0 Å². The molecule has 120 valence electrons. The molecular weight excluding hydrogens is 288 g/mol. The topological polar surface area (TPSA) is 161 Å². The second-order valence-electron chi connectivity index (χ2n) is 5.58. The first-order valence-electron chi connectivity index (χ1n) is 5.54. The molecule has 9 heteroatoms. The Bertz CT molecular complexity index is 347. The Morgan fingerprint density at radius 2 is 0.857 bits per heavy atom. The normalized spacial score (nSPS) is 10.2. The average molecular weight is 306 g/mol. The van der Waals surface area contributed by atoms with Crippen molar-refractivity contribution < 1.29 is 44.3 Å². The van der Waals surface area contributed by atoms with Gasteiger partial charge >= 0.3 is 17.4 Å². The van der Waals surface area contributed by atoms with Crippen molar-refractivity contribution in [3.05, 3.63) is 0 Å². The van der Waals surface area contributed by atoms with Gasteiger partial charge in [0, 0.05) is 0 Å². The number of carbonyl (C=O) groups excluding carboxylic acids is 4. The van der Waals surface area contributed by atoms with Crippen LogP contribution in [0.5, 0.6) is 0 Å². The second-order valence-corrected chi connectivity index (χ2v) is 5.58. The maximum absolute atomic E-state index is 10.3. The summed E-state index contributed by atoms with van der Waals surface area (Å²) >= 11 is 0. The third-order valence-electron chi connectivity index (χ3n) is 1.13. The van der Waals surface area contributed by atoms with E-state index >= 15 is 0 Å². The Morgan fingerprint density at radius 3 is 0.905 bits per heavy atom. The first-order valence-corrected chi connectivity index (χ1v) is 5.54. The van der Waals surface area contributed by atoms with Crippen molar-refractivity contribution in [2.45, 2.75) is 52.7 Å². The number of esters is 2. The number of hydrogen-bond donors (Lipinski definition) is 0. The predicted molar refractivity (Wildman–Crippen MR) is 62.4 cm³/mol. The molecule has 0 N–H and O–H groups in total. The largest absolute Gasteiger partial charge is 2.00 e. The van der Waals surface area contributed by atoms with Gasteiger partial charge in [-0.3, -0.25) is 0 Å². The van der Waals surface area contributed by atoms with Crippen LogP contribution in [-0.2, 0) is 34.1 Å². The van der Waals surface area contributed by atoms with Crippen molar-refractivity contribution in [1.29, 1.82) is 0 Å². The summed E-state index contributed by atoms with van der Waals surface area (Å²) in [6, 6.07) is 0. The summed E-state index contributed by atoms with van der Waals surface area (Å²) in [7, 11) is 0. The molecule has 0 aromatic heterocycles. The third-order valence-corrected chi connectivity index (χ3v) is 1.13.